The minimum Gasteiger partial charge on any atom is -0.324 e. The van der Waals surface area contributed by atoms with E-state index in [1.807, 2.05) is 69.3 Å². The molecule has 3 rings (SSSR count). The van der Waals surface area contributed by atoms with Crippen LogP contribution in [0.5, 0.6) is 0 Å². The van der Waals surface area contributed by atoms with Crippen LogP contribution in [0.3, 0.4) is 0 Å². The zero-order valence-electron chi connectivity index (χ0n) is 19.7. The summed E-state index contributed by atoms with van der Waals surface area (Å²) in [5, 5.41) is 9.98. The Morgan fingerprint density at radius 1 is 0.939 bits per heavy atom. The number of benzene rings is 2. The first-order valence-electron chi connectivity index (χ1n) is 11.0. The molecule has 0 atom stereocenters. The fourth-order valence-electron chi connectivity index (χ4n) is 3.32. The molecule has 0 radical (unpaired) electrons. The Balaban J connectivity index is 1.96. The molecule has 2 aromatic carbocycles. The lowest BCUT2D eigenvalue weighted by molar-refractivity contribution is -0.119. The number of amides is 2. The van der Waals surface area contributed by atoms with Gasteiger partial charge in [0.05, 0.1) is 5.69 Å². The zero-order chi connectivity index (χ0) is 24.1. The third-order valence-corrected chi connectivity index (χ3v) is 5.25. The highest BCUT2D eigenvalue weighted by Crippen LogP contribution is 2.24. The van der Waals surface area contributed by atoms with Crippen molar-refractivity contribution in [3.63, 3.8) is 0 Å². The summed E-state index contributed by atoms with van der Waals surface area (Å²) in [6, 6.07) is 16.8. The third kappa shape index (κ3) is 5.94. The van der Waals surface area contributed by atoms with Crippen molar-refractivity contribution in [3.05, 3.63) is 76.1 Å². The molecule has 0 aliphatic rings. The van der Waals surface area contributed by atoms with Crippen molar-refractivity contribution in [2.45, 2.75) is 47.1 Å². The molecule has 3 aromatic rings. The predicted molar refractivity (Wildman–Crippen MR) is 131 cm³/mol. The summed E-state index contributed by atoms with van der Waals surface area (Å²) in [5.74, 6) is -0.732. The van der Waals surface area contributed by atoms with Gasteiger partial charge in [-0.2, -0.15) is 5.10 Å². The molecule has 1 aromatic heterocycles. The lowest BCUT2D eigenvalue weighted by Gasteiger charge is -2.15. The van der Waals surface area contributed by atoms with Crippen molar-refractivity contribution < 1.29 is 9.59 Å². The normalized spacial score (nSPS) is 11.0. The van der Waals surface area contributed by atoms with Gasteiger partial charge in [-0.25, -0.2) is 4.68 Å². The fourth-order valence-corrected chi connectivity index (χ4v) is 3.32. The molecule has 7 nitrogen and oxygen atoms in total. The van der Waals surface area contributed by atoms with E-state index in [1.54, 1.807) is 19.9 Å². The second kappa shape index (κ2) is 10.3. The number of para-hydroxylation sites is 1. The van der Waals surface area contributed by atoms with Crippen LogP contribution in [0.1, 0.15) is 44.7 Å². The van der Waals surface area contributed by atoms with Crippen LogP contribution >= 0.6 is 0 Å². The minimum atomic E-state index is -0.535. The zero-order valence-corrected chi connectivity index (χ0v) is 19.7. The summed E-state index contributed by atoms with van der Waals surface area (Å²) in [7, 11) is 0. The summed E-state index contributed by atoms with van der Waals surface area (Å²) in [6.45, 7) is 9.28. The van der Waals surface area contributed by atoms with Gasteiger partial charge in [0.25, 0.3) is 5.56 Å². The largest absolute Gasteiger partial charge is 0.324 e. The van der Waals surface area contributed by atoms with E-state index in [-0.39, 0.29) is 35.9 Å². The molecule has 0 fully saturated rings. The molecule has 2 amide bonds. The summed E-state index contributed by atoms with van der Waals surface area (Å²) in [6.07, 6.45) is 0. The molecule has 2 N–H and O–H groups in total. The van der Waals surface area contributed by atoms with Crippen LogP contribution in [-0.4, -0.2) is 21.6 Å². The number of hydrogen-bond acceptors (Lipinski definition) is 4. The summed E-state index contributed by atoms with van der Waals surface area (Å²) >= 11 is 0. The van der Waals surface area contributed by atoms with Gasteiger partial charge in [-0.1, -0.05) is 75.7 Å². The van der Waals surface area contributed by atoms with E-state index in [2.05, 4.69) is 15.7 Å². The first kappa shape index (κ1) is 23.9. The van der Waals surface area contributed by atoms with Crippen LogP contribution in [0.4, 0.5) is 11.4 Å². The van der Waals surface area contributed by atoms with Gasteiger partial charge in [-0.05, 0) is 30.5 Å². The number of nitrogens with one attached hydrogen (secondary N) is 2. The second-order valence-corrected chi connectivity index (χ2v) is 8.71. The summed E-state index contributed by atoms with van der Waals surface area (Å²) in [5.41, 5.74) is 3.62. The Hall–Kier alpha value is -3.74. The van der Waals surface area contributed by atoms with Crippen molar-refractivity contribution in [2.75, 3.05) is 10.6 Å². The summed E-state index contributed by atoms with van der Waals surface area (Å²) in [4.78, 5) is 38.2. The number of aromatic nitrogens is 2. The number of nitrogens with zero attached hydrogens (tertiary/aromatic N) is 2. The van der Waals surface area contributed by atoms with Gasteiger partial charge in [0.2, 0.25) is 11.8 Å². The van der Waals surface area contributed by atoms with Crippen molar-refractivity contribution >= 4 is 23.2 Å². The van der Waals surface area contributed by atoms with Gasteiger partial charge in [0.15, 0.2) is 0 Å². The van der Waals surface area contributed by atoms with E-state index in [0.29, 0.717) is 11.4 Å². The molecule has 0 aliphatic heterocycles. The van der Waals surface area contributed by atoms with Crippen molar-refractivity contribution in [3.8, 4) is 11.3 Å². The summed E-state index contributed by atoms with van der Waals surface area (Å²) < 4.78 is 1.10. The molecule has 0 unspecified atom stereocenters. The van der Waals surface area contributed by atoms with Gasteiger partial charge in [-0.15, -0.1) is 0 Å². The molecule has 1 heterocycles. The highest BCUT2D eigenvalue weighted by Gasteiger charge is 2.17. The Morgan fingerprint density at radius 3 is 2.24 bits per heavy atom. The van der Waals surface area contributed by atoms with Crippen LogP contribution in [0.25, 0.3) is 11.3 Å². The van der Waals surface area contributed by atoms with Gasteiger partial charge < -0.3 is 10.6 Å². The number of hydrogen-bond donors (Lipinski definition) is 2. The lowest BCUT2D eigenvalue weighted by Crippen LogP contribution is -2.33. The molecular weight excluding hydrogens is 416 g/mol. The molecule has 172 valence electrons. The molecule has 0 aliphatic carbocycles. The Morgan fingerprint density at radius 2 is 1.61 bits per heavy atom. The smallest absolute Gasteiger partial charge is 0.291 e. The standard InChI is InChI=1S/C26H30N4O3/c1-16(2)20-8-6-7-9-21(20)27-24(31)15-30-26(33)23(28-25(32)17(3)4)14-22(29-30)19-12-10-18(5)11-13-19/h6-14,16-17H,15H2,1-5H3,(H,27,31)(H,28,32). The quantitative estimate of drug-likeness (QED) is 0.556. The number of aryl methyl sites for hydroxylation is 1. The van der Waals surface area contributed by atoms with Crippen molar-refractivity contribution in [2.24, 2.45) is 5.92 Å². The Labute approximate surface area is 193 Å². The van der Waals surface area contributed by atoms with E-state index < -0.39 is 5.56 Å². The molecule has 0 bridgehead atoms. The topological polar surface area (TPSA) is 93.1 Å². The first-order chi connectivity index (χ1) is 15.7. The predicted octanol–water partition coefficient (Wildman–Crippen LogP) is 4.58. The highest BCUT2D eigenvalue weighted by atomic mass is 16.2. The maximum atomic E-state index is 13.0. The van der Waals surface area contributed by atoms with Crippen LogP contribution in [0.2, 0.25) is 0 Å². The molecule has 0 spiro atoms. The van der Waals surface area contributed by atoms with Crippen LogP contribution in [-0.2, 0) is 16.1 Å². The average Bonchev–Trinajstić information content (AvgIpc) is 2.77. The third-order valence-electron chi connectivity index (χ3n) is 5.25. The van der Waals surface area contributed by atoms with E-state index in [0.717, 1.165) is 21.4 Å². The first-order valence-corrected chi connectivity index (χ1v) is 11.0. The van der Waals surface area contributed by atoms with Gasteiger partial charge in [0.1, 0.15) is 12.2 Å². The molecule has 7 heteroatoms. The average molecular weight is 447 g/mol. The molecule has 0 saturated carbocycles. The Bertz CT molecular complexity index is 1210. The van der Waals surface area contributed by atoms with Gasteiger partial charge >= 0.3 is 0 Å². The minimum absolute atomic E-state index is 0.0923. The molecule has 0 saturated heterocycles. The van der Waals surface area contributed by atoms with Crippen LogP contribution in [0.15, 0.2) is 59.4 Å². The van der Waals surface area contributed by atoms with Crippen molar-refractivity contribution in [1.29, 1.82) is 0 Å². The second-order valence-electron chi connectivity index (χ2n) is 8.71. The van der Waals surface area contributed by atoms with E-state index in [1.165, 1.54) is 0 Å². The number of carbonyl (C=O) groups excluding carboxylic acids is 2. The Kier molecular flexibility index (Phi) is 7.43. The van der Waals surface area contributed by atoms with Gasteiger partial charge in [-0.3, -0.25) is 14.4 Å². The van der Waals surface area contributed by atoms with Crippen LogP contribution in [0, 0.1) is 12.8 Å². The number of rotatable bonds is 7. The SMILES string of the molecule is Cc1ccc(-c2cc(NC(=O)C(C)C)c(=O)n(CC(=O)Nc3ccccc3C(C)C)n2)cc1. The lowest BCUT2D eigenvalue weighted by atomic mass is 10.0. The maximum absolute atomic E-state index is 13.0. The van der Waals surface area contributed by atoms with Gasteiger partial charge in [0, 0.05) is 17.2 Å². The van der Waals surface area contributed by atoms with Crippen LogP contribution < -0.4 is 16.2 Å². The van der Waals surface area contributed by atoms with E-state index >= 15 is 0 Å². The maximum Gasteiger partial charge on any atom is 0.291 e. The number of anilines is 2. The number of carbonyl (C=O) groups is 2. The molecule has 33 heavy (non-hydrogen) atoms. The van der Waals surface area contributed by atoms with E-state index in [4.69, 9.17) is 0 Å². The molecular formula is C26H30N4O3. The van der Waals surface area contributed by atoms with E-state index in [9.17, 15) is 14.4 Å². The monoisotopic (exact) mass is 446 g/mol. The van der Waals surface area contributed by atoms with Crippen molar-refractivity contribution in [1.82, 2.24) is 9.78 Å². The fraction of sp³-hybridized carbons (Fsp3) is 0.308. The highest BCUT2D eigenvalue weighted by molar-refractivity contribution is 5.93.